The van der Waals surface area contributed by atoms with Crippen molar-refractivity contribution in [1.82, 2.24) is 14.1 Å². The molecular formula is C19H17N3O2. The first-order valence-electron chi connectivity index (χ1n) is 8.24. The van der Waals surface area contributed by atoms with E-state index in [-0.39, 0.29) is 17.5 Å². The number of benzene rings is 1. The SMILES string of the molecule is O=c1cccc2n1CC[C@H](C1c3ccccc3-c3cncn31)[C@@H]2O. The fourth-order valence-corrected chi connectivity index (χ4v) is 4.33. The van der Waals surface area contributed by atoms with Crippen LogP contribution in [0.1, 0.15) is 29.8 Å². The Hall–Kier alpha value is -2.66. The zero-order valence-corrected chi connectivity index (χ0v) is 13.0. The maximum atomic E-state index is 12.0. The molecule has 3 aromatic rings. The first kappa shape index (κ1) is 13.7. The van der Waals surface area contributed by atoms with Gasteiger partial charge in [0.1, 0.15) is 0 Å². The molecule has 0 bridgehead atoms. The number of aromatic nitrogens is 3. The van der Waals surface area contributed by atoms with Gasteiger partial charge in [-0.05, 0) is 18.1 Å². The molecule has 120 valence electrons. The highest BCUT2D eigenvalue weighted by Crippen LogP contribution is 2.48. The number of imidazole rings is 1. The summed E-state index contributed by atoms with van der Waals surface area (Å²) in [5, 5.41) is 11.0. The molecule has 0 spiro atoms. The van der Waals surface area contributed by atoms with Crippen molar-refractivity contribution in [3.63, 3.8) is 0 Å². The smallest absolute Gasteiger partial charge is 0.250 e. The standard InChI is InChI=1S/C19H17N3O2/c23-17-7-3-6-15-19(24)14(8-9-21(15)17)18-13-5-2-1-4-12(13)16-10-20-11-22(16)18/h1-7,10-11,14,18-19,24H,8-9H2/t14-,18?,19+/m1/s1. The van der Waals surface area contributed by atoms with Crippen LogP contribution in [-0.2, 0) is 6.54 Å². The van der Waals surface area contributed by atoms with Crippen molar-refractivity contribution in [3.05, 3.63) is 76.6 Å². The number of hydrogen-bond acceptors (Lipinski definition) is 3. The minimum Gasteiger partial charge on any atom is -0.386 e. The van der Waals surface area contributed by atoms with Gasteiger partial charge in [0.15, 0.2) is 0 Å². The number of aliphatic hydroxyl groups is 1. The van der Waals surface area contributed by atoms with Gasteiger partial charge >= 0.3 is 0 Å². The van der Waals surface area contributed by atoms with Crippen molar-refractivity contribution in [3.8, 4) is 11.3 Å². The van der Waals surface area contributed by atoms with Gasteiger partial charge in [0.2, 0.25) is 0 Å². The molecule has 2 aromatic heterocycles. The predicted octanol–water partition coefficient (Wildman–Crippen LogP) is 2.37. The highest BCUT2D eigenvalue weighted by atomic mass is 16.3. The summed E-state index contributed by atoms with van der Waals surface area (Å²) in [5.74, 6) is 0.0170. The highest BCUT2D eigenvalue weighted by molar-refractivity contribution is 5.69. The topological polar surface area (TPSA) is 60.0 Å². The van der Waals surface area contributed by atoms with Crippen molar-refractivity contribution in [2.75, 3.05) is 0 Å². The Morgan fingerprint density at radius 3 is 2.92 bits per heavy atom. The Bertz CT molecular complexity index is 988. The summed E-state index contributed by atoms with van der Waals surface area (Å²) < 4.78 is 3.85. The van der Waals surface area contributed by atoms with Crippen LogP contribution in [-0.4, -0.2) is 19.2 Å². The van der Waals surface area contributed by atoms with Crippen LogP contribution in [0.5, 0.6) is 0 Å². The zero-order valence-electron chi connectivity index (χ0n) is 13.0. The van der Waals surface area contributed by atoms with E-state index < -0.39 is 6.10 Å². The highest BCUT2D eigenvalue weighted by Gasteiger charge is 2.40. The lowest BCUT2D eigenvalue weighted by atomic mass is 9.82. The van der Waals surface area contributed by atoms with E-state index >= 15 is 0 Å². The molecule has 1 N–H and O–H groups in total. The Morgan fingerprint density at radius 1 is 1.12 bits per heavy atom. The monoisotopic (exact) mass is 319 g/mol. The second-order valence-corrected chi connectivity index (χ2v) is 6.56. The minimum atomic E-state index is -0.668. The van der Waals surface area contributed by atoms with Gasteiger partial charge in [0.05, 0.1) is 36.1 Å². The summed E-state index contributed by atoms with van der Waals surface area (Å²) >= 11 is 0. The minimum absolute atomic E-state index is 0.0170. The lowest BCUT2D eigenvalue weighted by Gasteiger charge is -2.35. The molecule has 5 heteroatoms. The first-order valence-corrected chi connectivity index (χ1v) is 8.24. The van der Waals surface area contributed by atoms with Gasteiger partial charge in [-0.25, -0.2) is 4.98 Å². The second-order valence-electron chi connectivity index (χ2n) is 6.56. The molecule has 5 rings (SSSR count). The van der Waals surface area contributed by atoms with Crippen LogP contribution in [0.15, 0.2) is 59.8 Å². The van der Waals surface area contributed by atoms with Crippen LogP contribution >= 0.6 is 0 Å². The van der Waals surface area contributed by atoms with Crippen LogP contribution in [0.2, 0.25) is 0 Å². The summed E-state index contributed by atoms with van der Waals surface area (Å²) in [4.78, 5) is 16.3. The molecule has 24 heavy (non-hydrogen) atoms. The maximum absolute atomic E-state index is 12.0. The Labute approximate surface area is 138 Å². The van der Waals surface area contributed by atoms with Crippen molar-refractivity contribution in [1.29, 1.82) is 0 Å². The number of nitrogens with zero attached hydrogens (tertiary/aromatic N) is 3. The molecule has 0 aliphatic carbocycles. The lowest BCUT2D eigenvalue weighted by molar-refractivity contribution is 0.0536. The third-order valence-electron chi connectivity index (χ3n) is 5.40. The second kappa shape index (κ2) is 4.92. The Kier molecular flexibility index (Phi) is 2.82. The average Bonchev–Trinajstić information content (AvgIpc) is 3.17. The largest absolute Gasteiger partial charge is 0.386 e. The molecular weight excluding hydrogens is 302 g/mol. The van der Waals surface area contributed by atoms with Crippen molar-refractivity contribution < 1.29 is 5.11 Å². The van der Waals surface area contributed by atoms with Crippen LogP contribution < -0.4 is 5.56 Å². The van der Waals surface area contributed by atoms with E-state index in [0.717, 1.165) is 12.1 Å². The van der Waals surface area contributed by atoms with Crippen LogP contribution in [0.25, 0.3) is 11.3 Å². The van der Waals surface area contributed by atoms with Crippen molar-refractivity contribution in [2.24, 2.45) is 5.92 Å². The molecule has 0 radical (unpaired) electrons. The van der Waals surface area contributed by atoms with Gasteiger partial charge in [-0.15, -0.1) is 0 Å². The quantitative estimate of drug-likeness (QED) is 0.749. The first-order chi connectivity index (χ1) is 11.8. The Balaban J connectivity index is 1.64. The molecule has 0 fully saturated rings. The predicted molar refractivity (Wildman–Crippen MR) is 89.6 cm³/mol. The maximum Gasteiger partial charge on any atom is 0.250 e. The average molecular weight is 319 g/mol. The summed E-state index contributed by atoms with van der Waals surface area (Å²) in [6.07, 6.45) is 3.82. The van der Waals surface area contributed by atoms with E-state index in [9.17, 15) is 9.90 Å². The molecule has 1 unspecified atom stereocenters. The zero-order chi connectivity index (χ0) is 16.3. The molecule has 3 atom stereocenters. The molecule has 0 saturated heterocycles. The van der Waals surface area contributed by atoms with E-state index in [1.54, 1.807) is 16.7 Å². The summed E-state index contributed by atoms with van der Waals surface area (Å²) in [5.41, 5.74) is 4.18. The van der Waals surface area contributed by atoms with Crippen LogP contribution in [0.3, 0.4) is 0 Å². The van der Waals surface area contributed by atoms with Crippen LogP contribution in [0.4, 0.5) is 0 Å². The molecule has 0 amide bonds. The van der Waals surface area contributed by atoms with E-state index in [2.05, 4.69) is 21.7 Å². The van der Waals surface area contributed by atoms with E-state index in [1.165, 1.54) is 11.1 Å². The molecule has 1 aromatic carbocycles. The van der Waals surface area contributed by atoms with Crippen LogP contribution in [0, 0.1) is 5.92 Å². The molecule has 2 aliphatic heterocycles. The van der Waals surface area contributed by atoms with Gasteiger partial charge in [-0.3, -0.25) is 4.79 Å². The summed E-state index contributed by atoms with van der Waals surface area (Å²) in [6, 6.07) is 13.5. The molecule has 4 heterocycles. The number of pyridine rings is 1. The number of rotatable bonds is 1. The number of aliphatic hydroxyl groups excluding tert-OH is 1. The van der Waals surface area contributed by atoms with Gasteiger partial charge in [0, 0.05) is 24.1 Å². The van der Waals surface area contributed by atoms with E-state index in [1.807, 2.05) is 30.7 Å². The molecule has 2 aliphatic rings. The van der Waals surface area contributed by atoms with E-state index in [4.69, 9.17) is 0 Å². The van der Waals surface area contributed by atoms with Crippen molar-refractivity contribution >= 4 is 0 Å². The number of hydrogen-bond donors (Lipinski definition) is 1. The lowest BCUT2D eigenvalue weighted by Crippen LogP contribution is -2.36. The van der Waals surface area contributed by atoms with Gasteiger partial charge in [0.25, 0.3) is 5.56 Å². The Morgan fingerprint density at radius 2 is 2.00 bits per heavy atom. The third-order valence-corrected chi connectivity index (χ3v) is 5.40. The molecule has 0 saturated carbocycles. The third kappa shape index (κ3) is 1.73. The summed E-state index contributed by atoms with van der Waals surface area (Å²) in [7, 11) is 0. The van der Waals surface area contributed by atoms with Crippen molar-refractivity contribution in [2.45, 2.75) is 25.1 Å². The normalized spacial score (nSPS) is 24.3. The fourth-order valence-electron chi connectivity index (χ4n) is 4.33. The van der Waals surface area contributed by atoms with Gasteiger partial charge in [-0.1, -0.05) is 30.3 Å². The molecule has 5 nitrogen and oxygen atoms in total. The van der Waals surface area contributed by atoms with E-state index in [0.29, 0.717) is 12.2 Å². The van der Waals surface area contributed by atoms with Gasteiger partial charge in [-0.2, -0.15) is 0 Å². The summed E-state index contributed by atoms with van der Waals surface area (Å²) in [6.45, 7) is 0.638. The number of fused-ring (bicyclic) bond motifs is 4. The fraction of sp³-hybridized carbons (Fsp3) is 0.263. The van der Waals surface area contributed by atoms with Gasteiger partial charge < -0.3 is 14.2 Å².